The number of carboxylic acids is 2. The van der Waals surface area contributed by atoms with Crippen LogP contribution in [0.5, 0.6) is 0 Å². The smallest absolute Gasteiger partial charge is 0.359 e. The Morgan fingerprint density at radius 3 is 1.31 bits per heavy atom. The zero-order valence-electron chi connectivity index (χ0n) is 17.6. The second-order valence-electron chi connectivity index (χ2n) is 5.58. The molecule has 0 aromatic rings. The van der Waals surface area contributed by atoms with Crippen LogP contribution < -0.4 is 10.0 Å². The number of carbonyl (C=O) groups excluding carboxylic acids is 1. The number of quaternary nitrogens is 1. The van der Waals surface area contributed by atoms with Crippen LogP contribution in [0.15, 0.2) is 0 Å². The van der Waals surface area contributed by atoms with Gasteiger partial charge in [0.1, 0.15) is 13.1 Å². The number of nitrogens with zero attached hydrogens (tertiary/aromatic N) is 2. The Labute approximate surface area is 159 Å². The summed E-state index contributed by atoms with van der Waals surface area (Å²) in [5.74, 6) is -2.42. The summed E-state index contributed by atoms with van der Waals surface area (Å²) >= 11 is 0. The van der Waals surface area contributed by atoms with Crippen LogP contribution >= 0.6 is 0 Å². The summed E-state index contributed by atoms with van der Waals surface area (Å²) in [5.41, 5.74) is 0. The molecule has 1 atom stereocenters. The minimum Gasteiger partial charge on any atom is -0.544 e. The summed E-state index contributed by atoms with van der Waals surface area (Å²) in [7, 11) is 0. The highest BCUT2D eigenvalue weighted by atomic mass is 16.4. The molecular formula is C18H41N3O5. The molecule has 0 bridgehead atoms. The number of hydrogen-bond acceptors (Lipinski definition) is 6. The number of carbonyl (C=O) groups is 2. The highest BCUT2D eigenvalue weighted by molar-refractivity contribution is 5.68. The van der Waals surface area contributed by atoms with Crippen molar-refractivity contribution >= 4 is 11.9 Å². The van der Waals surface area contributed by atoms with E-state index in [0.29, 0.717) is 0 Å². The zero-order chi connectivity index (χ0) is 21.0. The second kappa shape index (κ2) is 21.8. The molecule has 0 spiro atoms. The van der Waals surface area contributed by atoms with Gasteiger partial charge in [0.15, 0.2) is 6.54 Å². The monoisotopic (exact) mass is 379 g/mol. The van der Waals surface area contributed by atoms with Gasteiger partial charge in [0.05, 0.1) is 12.6 Å². The second-order valence-corrected chi connectivity index (χ2v) is 5.58. The molecule has 158 valence electrons. The van der Waals surface area contributed by atoms with Crippen molar-refractivity contribution in [2.24, 2.45) is 0 Å². The number of aliphatic hydroxyl groups is 1. The van der Waals surface area contributed by atoms with Crippen LogP contribution in [0, 0.1) is 0 Å². The van der Waals surface area contributed by atoms with Crippen LogP contribution in [0.4, 0.5) is 0 Å². The minimum atomic E-state index is -1.32. The summed E-state index contributed by atoms with van der Waals surface area (Å²) in [6.07, 6.45) is 0. The zero-order valence-corrected chi connectivity index (χ0v) is 17.6. The molecule has 0 aromatic carbocycles. The summed E-state index contributed by atoms with van der Waals surface area (Å²) in [6, 6.07) is 0. The molecule has 3 N–H and O–H groups in total. The normalized spacial score (nSPS) is 11.3. The predicted molar refractivity (Wildman–Crippen MR) is 102 cm³/mol. The molecule has 0 saturated carbocycles. The van der Waals surface area contributed by atoms with Gasteiger partial charge < -0.3 is 34.8 Å². The fourth-order valence-corrected chi connectivity index (χ4v) is 2.16. The van der Waals surface area contributed by atoms with Crippen molar-refractivity contribution in [3.63, 3.8) is 0 Å². The van der Waals surface area contributed by atoms with E-state index in [-0.39, 0.29) is 24.6 Å². The molecular weight excluding hydrogens is 338 g/mol. The lowest BCUT2D eigenvalue weighted by Gasteiger charge is -2.16. The molecule has 0 amide bonds. The molecule has 0 aromatic heterocycles. The number of aliphatic carboxylic acids is 2. The molecule has 0 heterocycles. The third-order valence-electron chi connectivity index (χ3n) is 3.94. The van der Waals surface area contributed by atoms with Crippen molar-refractivity contribution in [1.29, 1.82) is 0 Å². The van der Waals surface area contributed by atoms with Crippen LogP contribution in [0.1, 0.15) is 41.5 Å². The molecule has 0 saturated heterocycles. The van der Waals surface area contributed by atoms with Crippen LogP contribution in [-0.4, -0.2) is 97.5 Å². The van der Waals surface area contributed by atoms with Crippen molar-refractivity contribution in [3.05, 3.63) is 0 Å². The van der Waals surface area contributed by atoms with E-state index in [1.165, 1.54) is 39.3 Å². The van der Waals surface area contributed by atoms with Crippen LogP contribution in [0.2, 0.25) is 0 Å². The Balaban J connectivity index is -0.000000326. The first-order chi connectivity index (χ1) is 12.2. The molecule has 8 heteroatoms. The van der Waals surface area contributed by atoms with E-state index >= 15 is 0 Å². The Bertz CT molecular complexity index is 283. The molecule has 0 aliphatic rings. The van der Waals surface area contributed by atoms with E-state index in [4.69, 9.17) is 10.2 Å². The predicted octanol–water partition coefficient (Wildman–Crippen LogP) is -1.61. The average Bonchev–Trinajstić information content (AvgIpc) is 2.58. The topological polar surface area (TPSA) is 109 Å². The highest BCUT2D eigenvalue weighted by Gasteiger charge is 2.12. The third kappa shape index (κ3) is 22.8. The summed E-state index contributed by atoms with van der Waals surface area (Å²) < 4.78 is 0. The number of carboxylic acid groups (broad SMARTS) is 2. The van der Waals surface area contributed by atoms with Crippen molar-refractivity contribution in [3.8, 4) is 0 Å². The molecule has 0 radical (unpaired) electrons. The SMILES string of the molecule is CCN(CC)CC.CCN(CC)CC.O=C([O-])C[NH+](CCO)CC(=O)O. The van der Waals surface area contributed by atoms with Gasteiger partial charge in [0, 0.05) is 0 Å². The highest BCUT2D eigenvalue weighted by Crippen LogP contribution is 1.82. The number of aliphatic hydroxyl groups excluding tert-OH is 1. The van der Waals surface area contributed by atoms with Gasteiger partial charge in [-0.25, -0.2) is 4.79 Å². The van der Waals surface area contributed by atoms with Gasteiger partial charge in [-0.2, -0.15) is 0 Å². The lowest BCUT2D eigenvalue weighted by atomic mass is 10.4. The first-order valence-corrected chi connectivity index (χ1v) is 9.56. The average molecular weight is 380 g/mol. The standard InChI is InChI=1S/C6H11NO5.2C6H15N/c8-2-1-7(3-5(9)10)4-6(11)12;2*1-4-7(5-2)6-3/h8H,1-4H2,(H,9,10)(H,11,12);2*4-6H2,1-3H3. The van der Waals surface area contributed by atoms with Gasteiger partial charge >= 0.3 is 5.97 Å². The van der Waals surface area contributed by atoms with Gasteiger partial charge in [0.2, 0.25) is 0 Å². The molecule has 0 aliphatic heterocycles. The molecule has 26 heavy (non-hydrogen) atoms. The fourth-order valence-electron chi connectivity index (χ4n) is 2.16. The van der Waals surface area contributed by atoms with Crippen molar-refractivity contribution in [2.75, 3.05) is 65.5 Å². The van der Waals surface area contributed by atoms with E-state index in [2.05, 4.69) is 51.3 Å². The molecule has 8 nitrogen and oxygen atoms in total. The van der Waals surface area contributed by atoms with Gasteiger partial charge in [-0.05, 0) is 39.3 Å². The molecule has 0 fully saturated rings. The summed E-state index contributed by atoms with van der Waals surface area (Å²) in [5, 5.41) is 26.8. The maximum atomic E-state index is 10.2. The fraction of sp³-hybridized carbons (Fsp3) is 0.889. The Morgan fingerprint density at radius 1 is 0.808 bits per heavy atom. The molecule has 1 unspecified atom stereocenters. The van der Waals surface area contributed by atoms with E-state index in [0.717, 1.165) is 0 Å². The number of hydrogen-bond donors (Lipinski definition) is 3. The van der Waals surface area contributed by atoms with E-state index in [1.807, 2.05) is 0 Å². The van der Waals surface area contributed by atoms with E-state index in [1.54, 1.807) is 0 Å². The Kier molecular flexibility index (Phi) is 24.8. The first kappa shape index (κ1) is 29.5. The van der Waals surface area contributed by atoms with E-state index in [9.17, 15) is 14.7 Å². The summed E-state index contributed by atoms with van der Waals surface area (Å²) in [6.45, 7) is 19.4. The van der Waals surface area contributed by atoms with Gasteiger partial charge in [-0.3, -0.25) is 0 Å². The van der Waals surface area contributed by atoms with Gasteiger partial charge in [-0.15, -0.1) is 0 Å². The van der Waals surface area contributed by atoms with Crippen molar-refractivity contribution in [1.82, 2.24) is 9.80 Å². The Hall–Kier alpha value is -1.22. The largest absolute Gasteiger partial charge is 0.544 e. The Morgan fingerprint density at radius 2 is 1.15 bits per heavy atom. The van der Waals surface area contributed by atoms with Gasteiger partial charge in [-0.1, -0.05) is 41.5 Å². The maximum absolute atomic E-state index is 10.2. The van der Waals surface area contributed by atoms with Crippen molar-refractivity contribution in [2.45, 2.75) is 41.5 Å². The van der Waals surface area contributed by atoms with Crippen LogP contribution in [-0.2, 0) is 9.59 Å². The van der Waals surface area contributed by atoms with Crippen molar-refractivity contribution < 1.29 is 29.8 Å². The number of rotatable bonds is 12. The van der Waals surface area contributed by atoms with Crippen LogP contribution in [0.25, 0.3) is 0 Å². The quantitative estimate of drug-likeness (QED) is 0.374. The van der Waals surface area contributed by atoms with Gasteiger partial charge in [0.25, 0.3) is 0 Å². The lowest BCUT2D eigenvalue weighted by Crippen LogP contribution is -3.14. The minimum absolute atomic E-state index is 0.0975. The third-order valence-corrected chi connectivity index (χ3v) is 3.94. The summed E-state index contributed by atoms with van der Waals surface area (Å²) in [4.78, 5) is 25.2. The lowest BCUT2D eigenvalue weighted by molar-refractivity contribution is -0.887. The maximum Gasteiger partial charge on any atom is 0.359 e. The molecule has 0 rings (SSSR count). The number of nitrogens with one attached hydrogen (secondary N) is 1. The van der Waals surface area contributed by atoms with Crippen LogP contribution in [0.3, 0.4) is 0 Å². The molecule has 0 aliphatic carbocycles. The first-order valence-electron chi connectivity index (χ1n) is 9.56. The van der Waals surface area contributed by atoms with E-state index < -0.39 is 18.5 Å².